The van der Waals surface area contributed by atoms with Crippen molar-refractivity contribution in [3.63, 3.8) is 0 Å². The van der Waals surface area contributed by atoms with Crippen LogP contribution >= 0.6 is 11.6 Å². The van der Waals surface area contributed by atoms with Gasteiger partial charge in [0.2, 0.25) is 5.91 Å². The number of hydrogen-bond donors (Lipinski definition) is 1. The maximum absolute atomic E-state index is 12.8. The second-order valence-electron chi connectivity index (χ2n) is 6.86. The zero-order valence-electron chi connectivity index (χ0n) is 15.7. The molecule has 4 rings (SSSR count). The predicted molar refractivity (Wildman–Crippen MR) is 115 cm³/mol. The molecule has 1 aromatic heterocycles. The van der Waals surface area contributed by atoms with E-state index in [-0.39, 0.29) is 12.5 Å². The Bertz CT molecular complexity index is 1180. The van der Waals surface area contributed by atoms with E-state index < -0.39 is 0 Å². The maximum atomic E-state index is 12.8. The van der Waals surface area contributed by atoms with Crippen LogP contribution in [0.15, 0.2) is 66.7 Å². The molecule has 0 aliphatic rings. The highest BCUT2D eigenvalue weighted by Crippen LogP contribution is 2.30. The van der Waals surface area contributed by atoms with Crippen molar-refractivity contribution in [2.45, 2.75) is 20.4 Å². The zero-order valence-corrected chi connectivity index (χ0v) is 16.5. The van der Waals surface area contributed by atoms with Gasteiger partial charge in [0, 0.05) is 11.3 Å². The lowest BCUT2D eigenvalue weighted by atomic mass is 10.1. The van der Waals surface area contributed by atoms with Crippen LogP contribution in [0.1, 0.15) is 11.1 Å². The van der Waals surface area contributed by atoms with Gasteiger partial charge in [-0.3, -0.25) is 4.79 Å². The summed E-state index contributed by atoms with van der Waals surface area (Å²) < 4.78 is 1.91. The van der Waals surface area contributed by atoms with Gasteiger partial charge in [-0.05, 0) is 49.7 Å². The summed E-state index contributed by atoms with van der Waals surface area (Å²) in [7, 11) is 0. The van der Waals surface area contributed by atoms with Gasteiger partial charge in [0.1, 0.15) is 12.4 Å². The predicted octanol–water partition coefficient (Wildman–Crippen LogP) is 5.61. The topological polar surface area (TPSA) is 46.9 Å². The minimum absolute atomic E-state index is 0.108. The Labute approximate surface area is 168 Å². The molecule has 0 aliphatic carbocycles. The lowest BCUT2D eigenvalue weighted by Gasteiger charge is -2.12. The highest BCUT2D eigenvalue weighted by molar-refractivity contribution is 6.33. The molecule has 0 saturated carbocycles. The largest absolute Gasteiger partial charge is 0.324 e. The van der Waals surface area contributed by atoms with Gasteiger partial charge in [-0.15, -0.1) is 0 Å². The summed E-state index contributed by atoms with van der Waals surface area (Å²) in [6, 6.07) is 21.3. The minimum atomic E-state index is -0.108. The van der Waals surface area contributed by atoms with Crippen molar-refractivity contribution in [1.29, 1.82) is 0 Å². The van der Waals surface area contributed by atoms with Crippen LogP contribution in [-0.2, 0) is 11.3 Å². The first-order chi connectivity index (χ1) is 13.5. The number of anilines is 1. The summed E-state index contributed by atoms with van der Waals surface area (Å²) in [5, 5.41) is 3.62. The fourth-order valence-electron chi connectivity index (χ4n) is 3.37. The molecular formula is C23H20ClN3O. The Hall–Kier alpha value is -3.11. The van der Waals surface area contributed by atoms with Crippen LogP contribution < -0.4 is 5.32 Å². The number of nitrogens with zero attached hydrogens (tertiary/aromatic N) is 2. The minimum Gasteiger partial charge on any atom is -0.324 e. The van der Waals surface area contributed by atoms with Crippen molar-refractivity contribution < 1.29 is 4.79 Å². The van der Waals surface area contributed by atoms with Gasteiger partial charge >= 0.3 is 0 Å². The van der Waals surface area contributed by atoms with E-state index in [0.717, 1.165) is 33.4 Å². The number of nitrogens with one attached hydrogen (secondary N) is 1. The Morgan fingerprint density at radius 1 is 1.04 bits per heavy atom. The summed E-state index contributed by atoms with van der Waals surface area (Å²) in [4.78, 5) is 17.6. The molecule has 0 spiro atoms. The van der Waals surface area contributed by atoms with Gasteiger partial charge in [0.05, 0.1) is 16.1 Å². The van der Waals surface area contributed by atoms with E-state index in [1.54, 1.807) is 0 Å². The van der Waals surface area contributed by atoms with Gasteiger partial charge < -0.3 is 9.88 Å². The van der Waals surface area contributed by atoms with Crippen molar-refractivity contribution in [2.24, 2.45) is 0 Å². The molecule has 0 aliphatic heterocycles. The van der Waals surface area contributed by atoms with Crippen molar-refractivity contribution in [3.05, 3.63) is 82.9 Å². The van der Waals surface area contributed by atoms with Crippen molar-refractivity contribution >= 4 is 34.2 Å². The zero-order chi connectivity index (χ0) is 19.7. The number of benzene rings is 3. The number of aryl methyl sites for hydroxylation is 2. The van der Waals surface area contributed by atoms with Gasteiger partial charge in [0.15, 0.2) is 0 Å². The van der Waals surface area contributed by atoms with E-state index in [9.17, 15) is 4.79 Å². The molecule has 5 heteroatoms. The summed E-state index contributed by atoms with van der Waals surface area (Å²) in [5.41, 5.74) is 5.55. The van der Waals surface area contributed by atoms with Crippen molar-refractivity contribution in [2.75, 3.05) is 5.32 Å². The first-order valence-electron chi connectivity index (χ1n) is 9.10. The Kier molecular flexibility index (Phi) is 4.88. The van der Waals surface area contributed by atoms with Crippen LogP contribution in [0.25, 0.3) is 22.4 Å². The molecule has 0 atom stereocenters. The molecule has 140 valence electrons. The number of amides is 1. The smallest absolute Gasteiger partial charge is 0.244 e. The second kappa shape index (κ2) is 7.49. The van der Waals surface area contributed by atoms with E-state index in [1.807, 2.05) is 79.1 Å². The van der Waals surface area contributed by atoms with E-state index >= 15 is 0 Å². The number of hydrogen-bond acceptors (Lipinski definition) is 2. The highest BCUT2D eigenvalue weighted by Gasteiger charge is 2.17. The molecule has 4 nitrogen and oxygen atoms in total. The van der Waals surface area contributed by atoms with Gasteiger partial charge in [-0.25, -0.2) is 4.98 Å². The molecule has 4 aromatic rings. The van der Waals surface area contributed by atoms with Gasteiger partial charge in [-0.2, -0.15) is 0 Å². The normalized spacial score (nSPS) is 11.0. The number of aromatic nitrogens is 2. The van der Waals surface area contributed by atoms with Gasteiger partial charge in [-0.1, -0.05) is 53.6 Å². The lowest BCUT2D eigenvalue weighted by Crippen LogP contribution is -2.20. The molecule has 1 amide bonds. The van der Waals surface area contributed by atoms with E-state index in [1.165, 1.54) is 0 Å². The van der Waals surface area contributed by atoms with Crippen LogP contribution in [0.5, 0.6) is 0 Å². The number of carbonyl (C=O) groups is 1. The number of fused-ring (bicyclic) bond motifs is 1. The number of carbonyl (C=O) groups excluding carboxylic acids is 1. The van der Waals surface area contributed by atoms with Crippen LogP contribution in [0.2, 0.25) is 5.02 Å². The lowest BCUT2D eigenvalue weighted by molar-refractivity contribution is -0.116. The quantitative estimate of drug-likeness (QED) is 0.493. The summed E-state index contributed by atoms with van der Waals surface area (Å²) >= 11 is 6.41. The number of imidazole rings is 1. The maximum Gasteiger partial charge on any atom is 0.244 e. The molecule has 1 heterocycles. The summed E-state index contributed by atoms with van der Waals surface area (Å²) in [6.07, 6.45) is 0. The van der Waals surface area contributed by atoms with E-state index in [4.69, 9.17) is 16.6 Å². The molecule has 0 unspecified atom stereocenters. The third kappa shape index (κ3) is 3.51. The molecule has 28 heavy (non-hydrogen) atoms. The monoisotopic (exact) mass is 389 g/mol. The molecule has 0 saturated heterocycles. The van der Waals surface area contributed by atoms with E-state index in [2.05, 4.69) is 11.4 Å². The first-order valence-corrected chi connectivity index (χ1v) is 9.48. The standard InChI is InChI=1S/C23H20ClN3O/c1-15-11-12-19(16(2)13-15)25-22(28)14-27-21-10-6-5-9-20(21)26-23(27)17-7-3-4-8-18(17)24/h3-13H,14H2,1-2H3,(H,25,28). The molecule has 3 aromatic carbocycles. The number of halogens is 1. The fourth-order valence-corrected chi connectivity index (χ4v) is 3.59. The number of rotatable bonds is 4. The van der Waals surface area contributed by atoms with Crippen molar-refractivity contribution in [1.82, 2.24) is 9.55 Å². The average Bonchev–Trinajstić information content (AvgIpc) is 3.03. The first kappa shape index (κ1) is 18.3. The summed E-state index contributed by atoms with van der Waals surface area (Å²) in [5.74, 6) is 0.575. The molecule has 0 bridgehead atoms. The Morgan fingerprint density at radius 3 is 2.57 bits per heavy atom. The van der Waals surface area contributed by atoms with Crippen LogP contribution in [0.3, 0.4) is 0 Å². The molecular weight excluding hydrogens is 370 g/mol. The third-order valence-electron chi connectivity index (χ3n) is 4.73. The fraction of sp³-hybridized carbons (Fsp3) is 0.130. The highest BCUT2D eigenvalue weighted by atomic mass is 35.5. The average molecular weight is 390 g/mol. The molecule has 0 fully saturated rings. The summed E-state index contributed by atoms with van der Waals surface area (Å²) in [6.45, 7) is 4.17. The Morgan fingerprint density at radius 2 is 1.79 bits per heavy atom. The van der Waals surface area contributed by atoms with Crippen LogP contribution in [-0.4, -0.2) is 15.5 Å². The Balaban J connectivity index is 1.72. The second-order valence-corrected chi connectivity index (χ2v) is 7.26. The molecule has 1 N–H and O–H groups in total. The number of para-hydroxylation sites is 2. The van der Waals surface area contributed by atoms with Crippen molar-refractivity contribution in [3.8, 4) is 11.4 Å². The third-order valence-corrected chi connectivity index (χ3v) is 5.06. The van der Waals surface area contributed by atoms with Gasteiger partial charge in [0.25, 0.3) is 0 Å². The molecule has 0 radical (unpaired) electrons. The van der Waals surface area contributed by atoms with E-state index in [0.29, 0.717) is 10.8 Å². The van der Waals surface area contributed by atoms with Crippen LogP contribution in [0.4, 0.5) is 5.69 Å². The SMILES string of the molecule is Cc1ccc(NC(=O)Cn2c(-c3ccccc3Cl)nc3ccccc32)c(C)c1. The van der Waals surface area contributed by atoms with Crippen LogP contribution in [0, 0.1) is 13.8 Å².